The molecule has 1 aliphatic heterocycles. The van der Waals surface area contributed by atoms with Crippen molar-refractivity contribution >= 4 is 34.1 Å². The summed E-state index contributed by atoms with van der Waals surface area (Å²) in [5.41, 5.74) is 1.86. The quantitative estimate of drug-likeness (QED) is 0.578. The first kappa shape index (κ1) is 19.6. The molecule has 1 amide bonds. The lowest BCUT2D eigenvalue weighted by molar-refractivity contribution is -0.113. The van der Waals surface area contributed by atoms with Gasteiger partial charge in [-0.1, -0.05) is 0 Å². The number of benzene rings is 2. The number of nitrogens with zero attached hydrogens (tertiary/aromatic N) is 1. The van der Waals surface area contributed by atoms with Crippen molar-refractivity contribution in [1.82, 2.24) is 4.98 Å². The number of ether oxygens (including phenoxy) is 3. The number of carbonyl (C=O) groups is 1. The number of amides is 1. The Balaban J connectivity index is 1.37. The Morgan fingerprint density at radius 1 is 1.17 bits per heavy atom. The molecule has 1 aromatic heterocycles. The Hall–Kier alpha value is -2.71. The van der Waals surface area contributed by atoms with Crippen molar-refractivity contribution in [3.8, 4) is 28.5 Å². The maximum atomic E-state index is 12.4. The number of carbonyl (C=O) groups excluding carboxylic acids is 1. The minimum Gasteiger partial charge on any atom is -0.497 e. The summed E-state index contributed by atoms with van der Waals surface area (Å²) in [5, 5.41) is 3.49. The average molecular weight is 429 g/mol. The SMILES string of the molecule is COc1ccc(-c2nc(NC(=O)CSc3ccc4c(c3)OCCO4)sc2C)cc1. The van der Waals surface area contributed by atoms with E-state index in [-0.39, 0.29) is 11.7 Å². The molecule has 1 aliphatic rings. The zero-order valence-electron chi connectivity index (χ0n) is 16.1. The summed E-state index contributed by atoms with van der Waals surface area (Å²) in [5.74, 6) is 2.46. The highest BCUT2D eigenvalue weighted by Gasteiger charge is 2.15. The molecule has 0 bridgehead atoms. The van der Waals surface area contributed by atoms with Crippen molar-refractivity contribution < 1.29 is 19.0 Å². The normalized spacial score (nSPS) is 12.5. The third-order valence-corrected chi connectivity index (χ3v) is 6.17. The summed E-state index contributed by atoms with van der Waals surface area (Å²) in [6.07, 6.45) is 0. The molecule has 0 fully saturated rings. The van der Waals surface area contributed by atoms with Crippen LogP contribution in [0.3, 0.4) is 0 Å². The van der Waals surface area contributed by atoms with E-state index in [1.807, 2.05) is 49.4 Å². The number of hydrogen-bond acceptors (Lipinski definition) is 7. The molecular weight excluding hydrogens is 408 g/mol. The van der Waals surface area contributed by atoms with Crippen LogP contribution in [0.2, 0.25) is 0 Å². The number of hydrogen-bond donors (Lipinski definition) is 1. The molecule has 2 heterocycles. The highest BCUT2D eigenvalue weighted by Crippen LogP contribution is 2.35. The maximum Gasteiger partial charge on any atom is 0.236 e. The fourth-order valence-electron chi connectivity index (χ4n) is 2.88. The molecule has 0 aliphatic carbocycles. The smallest absolute Gasteiger partial charge is 0.236 e. The van der Waals surface area contributed by atoms with Gasteiger partial charge in [0.25, 0.3) is 0 Å². The summed E-state index contributed by atoms with van der Waals surface area (Å²) in [4.78, 5) is 19.0. The molecule has 8 heteroatoms. The van der Waals surface area contributed by atoms with Crippen molar-refractivity contribution in [2.24, 2.45) is 0 Å². The van der Waals surface area contributed by atoms with Gasteiger partial charge in [0, 0.05) is 15.3 Å². The third-order valence-electron chi connectivity index (χ3n) is 4.29. The van der Waals surface area contributed by atoms with E-state index in [2.05, 4.69) is 10.3 Å². The first-order valence-electron chi connectivity index (χ1n) is 9.06. The average Bonchev–Trinajstić information content (AvgIpc) is 3.12. The minimum atomic E-state index is -0.0973. The number of methoxy groups -OCH3 is 1. The molecule has 29 heavy (non-hydrogen) atoms. The van der Waals surface area contributed by atoms with E-state index in [0.29, 0.717) is 18.3 Å². The number of rotatable bonds is 6. The van der Waals surface area contributed by atoms with Crippen LogP contribution in [0.15, 0.2) is 47.4 Å². The molecule has 0 radical (unpaired) electrons. The number of anilines is 1. The molecular formula is C21H20N2O4S2. The highest BCUT2D eigenvalue weighted by atomic mass is 32.2. The van der Waals surface area contributed by atoms with Gasteiger partial charge >= 0.3 is 0 Å². The minimum absolute atomic E-state index is 0.0973. The van der Waals surface area contributed by atoms with Crippen LogP contribution in [0.4, 0.5) is 5.13 Å². The van der Waals surface area contributed by atoms with Gasteiger partial charge in [-0.05, 0) is 49.4 Å². The monoisotopic (exact) mass is 428 g/mol. The van der Waals surface area contributed by atoms with Gasteiger partial charge in [0.2, 0.25) is 5.91 Å². The zero-order chi connectivity index (χ0) is 20.2. The predicted octanol–water partition coefficient (Wildman–Crippen LogP) is 4.63. The molecule has 0 unspecified atom stereocenters. The highest BCUT2D eigenvalue weighted by molar-refractivity contribution is 8.00. The fourth-order valence-corrected chi connectivity index (χ4v) is 4.46. The Labute approximate surface area is 177 Å². The second-order valence-corrected chi connectivity index (χ2v) is 8.55. The number of aromatic nitrogens is 1. The molecule has 4 rings (SSSR count). The Morgan fingerprint density at radius 2 is 1.93 bits per heavy atom. The number of thioether (sulfide) groups is 1. The van der Waals surface area contributed by atoms with Gasteiger partial charge in [0.15, 0.2) is 16.6 Å². The third kappa shape index (κ3) is 4.65. The van der Waals surface area contributed by atoms with Crippen LogP contribution in [-0.2, 0) is 4.79 Å². The summed E-state index contributed by atoms with van der Waals surface area (Å²) in [6, 6.07) is 13.4. The van der Waals surface area contributed by atoms with Gasteiger partial charge in [0.05, 0.1) is 18.6 Å². The van der Waals surface area contributed by atoms with Gasteiger partial charge in [-0.15, -0.1) is 23.1 Å². The van der Waals surface area contributed by atoms with Gasteiger partial charge in [-0.25, -0.2) is 4.98 Å². The van der Waals surface area contributed by atoms with E-state index >= 15 is 0 Å². The predicted molar refractivity (Wildman–Crippen MR) is 116 cm³/mol. The standard InChI is InChI=1S/C21H20N2O4S2/c1-13-20(14-3-5-15(25-2)6-4-14)23-21(29-13)22-19(24)12-28-16-7-8-17-18(11-16)27-10-9-26-17/h3-8,11H,9-10,12H2,1-2H3,(H,22,23,24). The molecule has 0 saturated carbocycles. The van der Waals surface area contributed by atoms with Crippen LogP contribution in [0, 0.1) is 6.92 Å². The summed E-state index contributed by atoms with van der Waals surface area (Å²) < 4.78 is 16.3. The van der Waals surface area contributed by atoms with E-state index < -0.39 is 0 Å². The van der Waals surface area contributed by atoms with E-state index in [0.717, 1.165) is 38.3 Å². The number of fused-ring (bicyclic) bond motifs is 1. The van der Waals surface area contributed by atoms with Gasteiger partial charge in [-0.3, -0.25) is 4.79 Å². The molecule has 0 atom stereocenters. The second-order valence-electron chi connectivity index (χ2n) is 6.29. The van der Waals surface area contributed by atoms with Crippen LogP contribution in [-0.4, -0.2) is 37.0 Å². The van der Waals surface area contributed by atoms with Crippen molar-refractivity contribution in [3.05, 3.63) is 47.3 Å². The summed E-state index contributed by atoms with van der Waals surface area (Å²) in [6.45, 7) is 3.10. The maximum absolute atomic E-state index is 12.4. The fraction of sp³-hybridized carbons (Fsp3) is 0.238. The number of aryl methyl sites for hydroxylation is 1. The van der Waals surface area contributed by atoms with E-state index in [4.69, 9.17) is 14.2 Å². The Morgan fingerprint density at radius 3 is 2.69 bits per heavy atom. The number of nitrogens with one attached hydrogen (secondary N) is 1. The molecule has 3 aromatic rings. The van der Waals surface area contributed by atoms with Crippen LogP contribution in [0.1, 0.15) is 4.88 Å². The van der Waals surface area contributed by atoms with E-state index in [1.165, 1.54) is 23.1 Å². The van der Waals surface area contributed by atoms with Gasteiger partial charge in [0.1, 0.15) is 19.0 Å². The van der Waals surface area contributed by atoms with Crippen molar-refractivity contribution in [2.45, 2.75) is 11.8 Å². The van der Waals surface area contributed by atoms with Crippen LogP contribution in [0.25, 0.3) is 11.3 Å². The van der Waals surface area contributed by atoms with Crippen LogP contribution >= 0.6 is 23.1 Å². The lowest BCUT2D eigenvalue weighted by Crippen LogP contribution is -2.15. The lowest BCUT2D eigenvalue weighted by atomic mass is 10.1. The first-order chi connectivity index (χ1) is 14.1. The van der Waals surface area contributed by atoms with Crippen molar-refractivity contribution in [1.29, 1.82) is 0 Å². The van der Waals surface area contributed by atoms with Gasteiger partial charge in [-0.2, -0.15) is 0 Å². The van der Waals surface area contributed by atoms with Crippen molar-refractivity contribution in [3.63, 3.8) is 0 Å². The summed E-state index contributed by atoms with van der Waals surface area (Å²) in [7, 11) is 1.64. The molecule has 2 aromatic carbocycles. The molecule has 0 saturated heterocycles. The Bertz CT molecular complexity index is 1020. The lowest BCUT2D eigenvalue weighted by Gasteiger charge is -2.18. The summed E-state index contributed by atoms with van der Waals surface area (Å²) >= 11 is 2.92. The van der Waals surface area contributed by atoms with Gasteiger partial charge < -0.3 is 19.5 Å². The van der Waals surface area contributed by atoms with E-state index in [1.54, 1.807) is 7.11 Å². The topological polar surface area (TPSA) is 69.7 Å². The van der Waals surface area contributed by atoms with Crippen molar-refractivity contribution in [2.75, 3.05) is 31.4 Å². The molecule has 150 valence electrons. The second kappa shape index (κ2) is 8.75. The zero-order valence-corrected chi connectivity index (χ0v) is 17.7. The first-order valence-corrected chi connectivity index (χ1v) is 10.9. The molecule has 1 N–H and O–H groups in total. The van der Waals surface area contributed by atoms with Crippen LogP contribution in [0.5, 0.6) is 17.2 Å². The Kier molecular flexibility index (Phi) is 5.92. The largest absolute Gasteiger partial charge is 0.497 e. The van der Waals surface area contributed by atoms with Crippen LogP contribution < -0.4 is 19.5 Å². The molecule has 6 nitrogen and oxygen atoms in total. The van der Waals surface area contributed by atoms with E-state index in [9.17, 15) is 4.79 Å². The molecule has 0 spiro atoms. The number of thiazole rings is 1.